The Morgan fingerprint density at radius 2 is 1.48 bits per heavy atom. The zero-order valence-electron chi connectivity index (χ0n) is 12.6. The van der Waals surface area contributed by atoms with Gasteiger partial charge in [-0.15, -0.1) is 0 Å². The molecule has 4 nitrogen and oxygen atoms in total. The summed E-state index contributed by atoms with van der Waals surface area (Å²) in [5.74, 6) is 0. The molecule has 2 aromatic heterocycles. The van der Waals surface area contributed by atoms with Crippen molar-refractivity contribution in [3.05, 3.63) is 87.4 Å². The third-order valence-electron chi connectivity index (χ3n) is 3.55. The van der Waals surface area contributed by atoms with E-state index in [0.717, 1.165) is 0 Å². The molecule has 2 heterocycles. The van der Waals surface area contributed by atoms with Crippen LogP contribution in [0.2, 0.25) is 15.2 Å². The predicted octanol–water partition coefficient (Wildman–Crippen LogP) is 5.00. The standard InChI is InChI=1S/C17H11Cl3N2O2S/c18-12-1-3-13(4-2-12)25(23,24)17(11-7-9-21-10-8-11)16-14(19)5-6-15(20)22-16/h1-10,17H. The highest BCUT2D eigenvalue weighted by atomic mass is 35.5. The molecule has 0 aliphatic carbocycles. The number of halogens is 3. The van der Waals surface area contributed by atoms with E-state index in [0.29, 0.717) is 10.6 Å². The molecule has 8 heteroatoms. The molecule has 0 saturated heterocycles. The molecule has 25 heavy (non-hydrogen) atoms. The number of sulfone groups is 1. The van der Waals surface area contributed by atoms with Crippen LogP contribution in [0.1, 0.15) is 16.5 Å². The lowest BCUT2D eigenvalue weighted by Crippen LogP contribution is -2.17. The van der Waals surface area contributed by atoms with E-state index in [9.17, 15) is 8.42 Å². The van der Waals surface area contributed by atoms with Gasteiger partial charge in [0.05, 0.1) is 15.6 Å². The molecule has 0 fully saturated rings. The van der Waals surface area contributed by atoms with Crippen molar-refractivity contribution < 1.29 is 8.42 Å². The van der Waals surface area contributed by atoms with Crippen molar-refractivity contribution in [3.8, 4) is 0 Å². The van der Waals surface area contributed by atoms with Crippen LogP contribution in [0, 0.1) is 0 Å². The molecule has 3 rings (SSSR count). The third kappa shape index (κ3) is 3.80. The van der Waals surface area contributed by atoms with Gasteiger partial charge in [0.2, 0.25) is 0 Å². The summed E-state index contributed by atoms with van der Waals surface area (Å²) in [4.78, 5) is 8.21. The van der Waals surface area contributed by atoms with Crippen molar-refractivity contribution in [2.24, 2.45) is 0 Å². The van der Waals surface area contributed by atoms with Gasteiger partial charge in [-0.25, -0.2) is 13.4 Å². The van der Waals surface area contributed by atoms with Gasteiger partial charge in [0.25, 0.3) is 0 Å². The largest absolute Gasteiger partial charge is 0.265 e. The van der Waals surface area contributed by atoms with Gasteiger partial charge in [0, 0.05) is 17.4 Å². The minimum Gasteiger partial charge on any atom is -0.265 e. The van der Waals surface area contributed by atoms with E-state index in [1.165, 1.54) is 48.8 Å². The van der Waals surface area contributed by atoms with Crippen molar-refractivity contribution in [2.45, 2.75) is 10.1 Å². The van der Waals surface area contributed by atoms with Crippen LogP contribution in [-0.4, -0.2) is 18.4 Å². The average Bonchev–Trinajstić information content (AvgIpc) is 2.59. The number of hydrogen-bond donors (Lipinski definition) is 0. The van der Waals surface area contributed by atoms with E-state index in [-0.39, 0.29) is 20.8 Å². The van der Waals surface area contributed by atoms with Crippen LogP contribution in [0.5, 0.6) is 0 Å². The number of benzene rings is 1. The van der Waals surface area contributed by atoms with Crippen LogP contribution in [0.15, 0.2) is 65.8 Å². The number of hydrogen-bond acceptors (Lipinski definition) is 4. The summed E-state index contributed by atoms with van der Waals surface area (Å²) in [5.41, 5.74) is 0.650. The van der Waals surface area contributed by atoms with E-state index in [4.69, 9.17) is 34.8 Å². The van der Waals surface area contributed by atoms with Gasteiger partial charge in [-0.1, -0.05) is 34.8 Å². The van der Waals surface area contributed by atoms with Crippen molar-refractivity contribution in [1.82, 2.24) is 9.97 Å². The van der Waals surface area contributed by atoms with Crippen molar-refractivity contribution in [3.63, 3.8) is 0 Å². The molecule has 1 unspecified atom stereocenters. The Kier molecular flexibility index (Phi) is 5.29. The molecule has 1 atom stereocenters. The normalized spacial score (nSPS) is 12.8. The van der Waals surface area contributed by atoms with E-state index in [2.05, 4.69) is 9.97 Å². The minimum absolute atomic E-state index is 0.108. The zero-order valence-corrected chi connectivity index (χ0v) is 15.7. The van der Waals surface area contributed by atoms with E-state index in [1.807, 2.05) is 0 Å². The molecule has 1 aromatic carbocycles. The van der Waals surface area contributed by atoms with Crippen LogP contribution >= 0.6 is 34.8 Å². The summed E-state index contributed by atoms with van der Waals surface area (Å²) in [6.07, 6.45) is 3.02. The Hall–Kier alpha value is -1.66. The average molecular weight is 414 g/mol. The van der Waals surface area contributed by atoms with E-state index in [1.54, 1.807) is 12.1 Å². The first-order valence-electron chi connectivity index (χ1n) is 7.11. The quantitative estimate of drug-likeness (QED) is 0.565. The van der Waals surface area contributed by atoms with Crippen LogP contribution < -0.4 is 0 Å². The van der Waals surface area contributed by atoms with Crippen LogP contribution in [0.25, 0.3) is 0 Å². The van der Waals surface area contributed by atoms with E-state index < -0.39 is 15.1 Å². The molecule has 128 valence electrons. The topological polar surface area (TPSA) is 59.9 Å². The van der Waals surface area contributed by atoms with Gasteiger partial charge in [0.15, 0.2) is 9.84 Å². The van der Waals surface area contributed by atoms with Crippen molar-refractivity contribution >= 4 is 44.6 Å². The molecule has 0 amide bonds. The fraction of sp³-hybridized carbons (Fsp3) is 0.0588. The first-order valence-corrected chi connectivity index (χ1v) is 9.79. The fourth-order valence-electron chi connectivity index (χ4n) is 2.40. The van der Waals surface area contributed by atoms with Gasteiger partial charge >= 0.3 is 0 Å². The van der Waals surface area contributed by atoms with Gasteiger partial charge < -0.3 is 0 Å². The van der Waals surface area contributed by atoms with Gasteiger partial charge in [-0.2, -0.15) is 0 Å². The Labute approximate surface area is 160 Å². The Morgan fingerprint density at radius 1 is 0.840 bits per heavy atom. The number of nitrogens with zero attached hydrogens (tertiary/aromatic N) is 2. The highest BCUT2D eigenvalue weighted by molar-refractivity contribution is 7.91. The van der Waals surface area contributed by atoms with Crippen LogP contribution in [0.4, 0.5) is 0 Å². The molecule has 0 N–H and O–H groups in total. The molecule has 3 aromatic rings. The van der Waals surface area contributed by atoms with Crippen molar-refractivity contribution in [1.29, 1.82) is 0 Å². The van der Waals surface area contributed by atoms with Gasteiger partial charge in [-0.3, -0.25) is 4.98 Å². The number of aromatic nitrogens is 2. The van der Waals surface area contributed by atoms with Crippen LogP contribution in [0.3, 0.4) is 0 Å². The van der Waals surface area contributed by atoms with E-state index >= 15 is 0 Å². The number of rotatable bonds is 4. The molecule has 0 spiro atoms. The first kappa shape index (κ1) is 18.1. The molecular formula is C17H11Cl3N2O2S. The SMILES string of the molecule is O=S(=O)(c1ccc(Cl)cc1)C(c1ccncc1)c1nc(Cl)ccc1Cl. The maximum atomic E-state index is 13.3. The lowest BCUT2D eigenvalue weighted by Gasteiger charge is -2.19. The lowest BCUT2D eigenvalue weighted by molar-refractivity contribution is 0.588. The number of pyridine rings is 2. The summed E-state index contributed by atoms with van der Waals surface area (Å²) in [6.45, 7) is 0. The fourth-order valence-corrected chi connectivity index (χ4v) is 4.74. The van der Waals surface area contributed by atoms with Gasteiger partial charge in [0.1, 0.15) is 10.4 Å². The third-order valence-corrected chi connectivity index (χ3v) is 6.38. The summed E-state index contributed by atoms with van der Waals surface area (Å²) in [5, 5.41) is -0.310. The maximum Gasteiger partial charge on any atom is 0.191 e. The monoisotopic (exact) mass is 412 g/mol. The minimum atomic E-state index is -3.86. The second-order valence-electron chi connectivity index (χ2n) is 5.16. The molecule has 0 radical (unpaired) electrons. The molecule has 0 bridgehead atoms. The first-order chi connectivity index (χ1) is 11.9. The Morgan fingerprint density at radius 3 is 2.12 bits per heavy atom. The summed E-state index contributed by atoms with van der Waals surface area (Å²) < 4.78 is 26.6. The maximum absolute atomic E-state index is 13.3. The lowest BCUT2D eigenvalue weighted by atomic mass is 10.1. The zero-order chi connectivity index (χ0) is 18.0. The molecule has 0 saturated carbocycles. The highest BCUT2D eigenvalue weighted by Gasteiger charge is 2.33. The smallest absolute Gasteiger partial charge is 0.191 e. The molecule has 0 aliphatic heterocycles. The highest BCUT2D eigenvalue weighted by Crippen LogP contribution is 2.37. The Bertz CT molecular complexity index is 994. The summed E-state index contributed by atoms with van der Waals surface area (Å²) in [7, 11) is -3.86. The summed E-state index contributed by atoms with van der Waals surface area (Å²) >= 11 is 18.1. The summed E-state index contributed by atoms with van der Waals surface area (Å²) in [6, 6.07) is 12.2. The second-order valence-corrected chi connectivity index (χ2v) is 8.42. The molecule has 0 aliphatic rings. The van der Waals surface area contributed by atoms with Crippen molar-refractivity contribution in [2.75, 3.05) is 0 Å². The second kappa shape index (κ2) is 7.30. The van der Waals surface area contributed by atoms with Crippen LogP contribution in [-0.2, 0) is 9.84 Å². The van der Waals surface area contributed by atoms with Gasteiger partial charge in [-0.05, 0) is 54.1 Å². The Balaban J connectivity index is 2.25. The molecular weight excluding hydrogens is 403 g/mol. The predicted molar refractivity (Wildman–Crippen MR) is 99.0 cm³/mol.